The number of aryl methyl sites for hydroxylation is 1. The van der Waals surface area contributed by atoms with Crippen LogP contribution >= 0.6 is 0 Å². The first-order valence-electron chi connectivity index (χ1n) is 10.1. The van der Waals surface area contributed by atoms with E-state index >= 15 is 0 Å². The molecule has 7 nitrogen and oxygen atoms in total. The van der Waals surface area contributed by atoms with Gasteiger partial charge in [-0.1, -0.05) is 24.3 Å². The molecule has 1 amide bonds. The van der Waals surface area contributed by atoms with Crippen molar-refractivity contribution in [3.05, 3.63) is 59.2 Å². The third-order valence-corrected chi connectivity index (χ3v) is 5.19. The molecule has 0 heterocycles. The van der Waals surface area contributed by atoms with E-state index in [0.29, 0.717) is 22.8 Å². The summed E-state index contributed by atoms with van der Waals surface area (Å²) in [5.74, 6) is 0.571. The number of hydrogen-bond donors (Lipinski definition) is 1. The van der Waals surface area contributed by atoms with Gasteiger partial charge in [0.2, 0.25) is 0 Å². The second-order valence-electron chi connectivity index (χ2n) is 7.10. The first kappa shape index (κ1) is 22.2. The van der Waals surface area contributed by atoms with Gasteiger partial charge in [0.1, 0.15) is 5.75 Å². The lowest BCUT2D eigenvalue weighted by atomic mass is 9.88. The Hall–Kier alpha value is -3.48. The second kappa shape index (κ2) is 10.5. The predicted octanol–water partition coefficient (Wildman–Crippen LogP) is 3.46. The van der Waals surface area contributed by atoms with Gasteiger partial charge in [-0.05, 0) is 42.5 Å². The molecule has 0 spiro atoms. The number of carbonyl (C=O) groups is 2. The van der Waals surface area contributed by atoms with Crippen molar-refractivity contribution in [2.24, 2.45) is 0 Å². The number of amides is 1. The molecule has 0 radical (unpaired) electrons. The second-order valence-corrected chi connectivity index (χ2v) is 7.10. The van der Waals surface area contributed by atoms with Gasteiger partial charge >= 0.3 is 5.97 Å². The molecule has 164 valence electrons. The Morgan fingerprint density at radius 1 is 1.03 bits per heavy atom. The average Bonchev–Trinajstić information content (AvgIpc) is 2.81. The van der Waals surface area contributed by atoms with Crippen LogP contribution in [0.3, 0.4) is 0 Å². The predicted molar refractivity (Wildman–Crippen MR) is 116 cm³/mol. The summed E-state index contributed by atoms with van der Waals surface area (Å²) in [6, 6.07) is 11.4. The van der Waals surface area contributed by atoms with E-state index in [4.69, 9.17) is 18.9 Å². The average molecular weight is 425 g/mol. The standard InChI is InChI=1S/C24H27NO6/c1-28-20-14-22(30-3)21(29-2)13-17(20)11-12-24(27)31-15-23(26)25-19-10-6-8-16-7-4-5-9-18(16)19/h4-5,7,9,11-14,19H,6,8,10,15H2,1-3H3,(H,25,26)/b12-11+/t19-/m1/s1. The topological polar surface area (TPSA) is 83.1 Å². The van der Waals surface area contributed by atoms with Crippen LogP contribution in [-0.4, -0.2) is 39.8 Å². The van der Waals surface area contributed by atoms with E-state index in [-0.39, 0.29) is 18.6 Å². The number of methoxy groups -OCH3 is 3. The van der Waals surface area contributed by atoms with Gasteiger partial charge in [-0.2, -0.15) is 0 Å². The van der Waals surface area contributed by atoms with E-state index in [1.54, 1.807) is 18.2 Å². The van der Waals surface area contributed by atoms with Crippen LogP contribution in [0.15, 0.2) is 42.5 Å². The van der Waals surface area contributed by atoms with Gasteiger partial charge < -0.3 is 24.3 Å². The highest BCUT2D eigenvalue weighted by molar-refractivity contribution is 5.90. The molecule has 3 rings (SSSR count). The molecule has 1 atom stereocenters. The molecule has 1 N–H and O–H groups in total. The third-order valence-electron chi connectivity index (χ3n) is 5.19. The van der Waals surface area contributed by atoms with Crippen molar-refractivity contribution in [3.8, 4) is 17.2 Å². The molecule has 0 aromatic heterocycles. The molecule has 7 heteroatoms. The highest BCUT2D eigenvalue weighted by atomic mass is 16.5. The Balaban J connectivity index is 1.57. The number of ether oxygens (including phenoxy) is 4. The minimum atomic E-state index is -0.629. The van der Waals surface area contributed by atoms with E-state index in [1.807, 2.05) is 18.2 Å². The first-order valence-corrected chi connectivity index (χ1v) is 10.1. The maximum atomic E-state index is 12.3. The zero-order valence-electron chi connectivity index (χ0n) is 18.0. The van der Waals surface area contributed by atoms with Crippen LogP contribution in [0.1, 0.15) is 35.6 Å². The minimum Gasteiger partial charge on any atom is -0.496 e. The lowest BCUT2D eigenvalue weighted by Crippen LogP contribution is -2.34. The number of carbonyl (C=O) groups excluding carboxylic acids is 2. The molecule has 1 aliphatic carbocycles. The van der Waals surface area contributed by atoms with Crippen LogP contribution in [0, 0.1) is 0 Å². The fourth-order valence-electron chi connectivity index (χ4n) is 3.67. The number of nitrogens with one attached hydrogen (secondary N) is 1. The number of rotatable bonds is 8. The van der Waals surface area contributed by atoms with Crippen molar-refractivity contribution >= 4 is 18.0 Å². The maximum absolute atomic E-state index is 12.3. The highest BCUT2D eigenvalue weighted by Gasteiger charge is 2.21. The van der Waals surface area contributed by atoms with E-state index in [2.05, 4.69) is 11.4 Å². The van der Waals surface area contributed by atoms with Gasteiger partial charge in [0, 0.05) is 17.7 Å². The highest BCUT2D eigenvalue weighted by Crippen LogP contribution is 2.35. The fourth-order valence-corrected chi connectivity index (χ4v) is 3.67. The maximum Gasteiger partial charge on any atom is 0.331 e. The molecule has 2 aromatic carbocycles. The quantitative estimate of drug-likeness (QED) is 0.515. The molecule has 0 saturated carbocycles. The summed E-state index contributed by atoms with van der Waals surface area (Å²) >= 11 is 0. The zero-order chi connectivity index (χ0) is 22.2. The van der Waals surface area contributed by atoms with Crippen molar-refractivity contribution in [1.29, 1.82) is 0 Å². The van der Waals surface area contributed by atoms with Crippen LogP contribution in [0.25, 0.3) is 6.08 Å². The van der Waals surface area contributed by atoms with Crippen molar-refractivity contribution in [2.45, 2.75) is 25.3 Å². The number of esters is 1. The van der Waals surface area contributed by atoms with Crippen LogP contribution in [-0.2, 0) is 20.7 Å². The van der Waals surface area contributed by atoms with Gasteiger partial charge in [-0.3, -0.25) is 4.79 Å². The normalized spacial score (nSPS) is 15.1. The summed E-state index contributed by atoms with van der Waals surface area (Å²) in [4.78, 5) is 24.4. The summed E-state index contributed by atoms with van der Waals surface area (Å²) < 4.78 is 20.9. The van der Waals surface area contributed by atoms with Gasteiger partial charge in [0.25, 0.3) is 5.91 Å². The molecular formula is C24H27NO6. The summed E-state index contributed by atoms with van der Waals surface area (Å²) in [5, 5.41) is 2.96. The van der Waals surface area contributed by atoms with Gasteiger partial charge in [0.05, 0.1) is 27.4 Å². The molecule has 0 bridgehead atoms. The van der Waals surface area contributed by atoms with Gasteiger partial charge in [-0.25, -0.2) is 4.79 Å². The van der Waals surface area contributed by atoms with E-state index in [9.17, 15) is 9.59 Å². The molecule has 1 aliphatic rings. The molecule has 0 unspecified atom stereocenters. The molecule has 31 heavy (non-hydrogen) atoms. The Morgan fingerprint density at radius 2 is 1.74 bits per heavy atom. The van der Waals surface area contributed by atoms with Crippen LogP contribution < -0.4 is 19.5 Å². The van der Waals surface area contributed by atoms with Gasteiger partial charge in [0.15, 0.2) is 18.1 Å². The molecular weight excluding hydrogens is 398 g/mol. The number of fused-ring (bicyclic) bond motifs is 1. The summed E-state index contributed by atoms with van der Waals surface area (Å²) in [6.07, 6.45) is 5.68. The van der Waals surface area contributed by atoms with E-state index in [0.717, 1.165) is 24.8 Å². The smallest absolute Gasteiger partial charge is 0.331 e. The Kier molecular flexibility index (Phi) is 7.54. The van der Waals surface area contributed by atoms with E-state index < -0.39 is 5.97 Å². The third kappa shape index (κ3) is 5.57. The molecule has 0 fully saturated rings. The van der Waals surface area contributed by atoms with Crippen LogP contribution in [0.5, 0.6) is 17.2 Å². The summed E-state index contributed by atoms with van der Waals surface area (Å²) in [5.41, 5.74) is 3.00. The fraction of sp³-hybridized carbons (Fsp3) is 0.333. The number of hydrogen-bond acceptors (Lipinski definition) is 6. The van der Waals surface area contributed by atoms with Crippen molar-refractivity contribution in [1.82, 2.24) is 5.32 Å². The zero-order valence-corrected chi connectivity index (χ0v) is 18.0. The molecule has 0 saturated heterocycles. The molecule has 2 aromatic rings. The Bertz CT molecular complexity index is 969. The number of benzene rings is 2. The Labute approximate surface area is 181 Å². The van der Waals surface area contributed by atoms with Crippen LogP contribution in [0.2, 0.25) is 0 Å². The van der Waals surface area contributed by atoms with Gasteiger partial charge in [-0.15, -0.1) is 0 Å². The lowest BCUT2D eigenvalue weighted by molar-refractivity contribution is -0.144. The largest absolute Gasteiger partial charge is 0.496 e. The first-order chi connectivity index (χ1) is 15.0. The summed E-state index contributed by atoms with van der Waals surface area (Å²) in [6.45, 7) is -0.342. The minimum absolute atomic E-state index is 0.0530. The Morgan fingerprint density at radius 3 is 2.48 bits per heavy atom. The van der Waals surface area contributed by atoms with Crippen LogP contribution in [0.4, 0.5) is 0 Å². The SMILES string of the molecule is COc1cc(OC)c(OC)cc1/C=C/C(=O)OCC(=O)N[C@@H]1CCCc2ccccc21. The van der Waals surface area contributed by atoms with Crippen molar-refractivity contribution in [3.63, 3.8) is 0 Å². The molecule has 0 aliphatic heterocycles. The van der Waals surface area contributed by atoms with Crippen molar-refractivity contribution in [2.75, 3.05) is 27.9 Å². The monoisotopic (exact) mass is 425 g/mol. The lowest BCUT2D eigenvalue weighted by Gasteiger charge is -2.26. The van der Waals surface area contributed by atoms with Crippen molar-refractivity contribution < 1.29 is 28.5 Å². The van der Waals surface area contributed by atoms with E-state index in [1.165, 1.54) is 33.0 Å². The summed E-state index contributed by atoms with van der Waals surface area (Å²) in [7, 11) is 4.57.